The molecule has 0 fully saturated rings. The number of anilines is 2. The lowest BCUT2D eigenvalue weighted by Gasteiger charge is -2.22. The lowest BCUT2D eigenvalue weighted by Crippen LogP contribution is -2.33. The smallest absolute Gasteiger partial charge is 0.263 e. The fourth-order valence-corrected chi connectivity index (χ4v) is 4.96. The Balaban J connectivity index is 1.52. The maximum atomic E-state index is 13.4. The van der Waals surface area contributed by atoms with E-state index in [9.17, 15) is 4.79 Å². The molecule has 1 aliphatic heterocycles. The van der Waals surface area contributed by atoms with Crippen molar-refractivity contribution in [1.82, 2.24) is 15.3 Å². The summed E-state index contributed by atoms with van der Waals surface area (Å²) in [6, 6.07) is 12.2. The Morgan fingerprint density at radius 3 is 2.91 bits per heavy atom. The average molecular weight is 484 g/mol. The fraction of sp³-hybridized carbons (Fsp3) is 0.375. The minimum atomic E-state index is -0.0782. The molecule has 0 radical (unpaired) electrons. The van der Waals surface area contributed by atoms with Gasteiger partial charge in [-0.2, -0.15) is 0 Å². The van der Waals surface area contributed by atoms with Crippen molar-refractivity contribution in [3.05, 3.63) is 64.0 Å². The van der Waals surface area contributed by atoms with Crippen molar-refractivity contribution in [1.29, 1.82) is 0 Å². The number of likely N-dealkylation sites (N-methyl/N-ethyl adjacent to an activating group) is 1. The first-order chi connectivity index (χ1) is 16.1. The topological polar surface area (TPSA) is 70.6 Å². The highest BCUT2D eigenvalue weighted by Gasteiger charge is 2.28. The number of amides is 1. The Kier molecular flexibility index (Phi) is 7.97. The number of thioether (sulfide) groups is 1. The van der Waals surface area contributed by atoms with Crippen LogP contribution in [0.5, 0.6) is 0 Å². The number of fused-ring (bicyclic) bond motifs is 1. The number of aromatic nitrogens is 2. The van der Waals surface area contributed by atoms with Gasteiger partial charge in [-0.25, -0.2) is 9.97 Å². The normalized spacial score (nSPS) is 14.8. The summed E-state index contributed by atoms with van der Waals surface area (Å²) in [7, 11) is 3.92. The molecule has 3 heterocycles. The first kappa shape index (κ1) is 23.7. The Bertz CT molecular complexity index is 1080. The Labute approximate surface area is 203 Å². The summed E-state index contributed by atoms with van der Waals surface area (Å²) in [6.45, 7) is 2.64. The van der Waals surface area contributed by atoms with Gasteiger partial charge in [-0.15, -0.1) is 11.3 Å². The third-order valence-corrected chi connectivity index (χ3v) is 7.14. The molecule has 1 aromatic carbocycles. The zero-order valence-electron chi connectivity index (χ0n) is 19.2. The van der Waals surface area contributed by atoms with Crippen LogP contribution in [0.4, 0.5) is 11.5 Å². The number of nitrogens with zero attached hydrogens (tertiary/aromatic N) is 4. The number of carbonyl (C=O) groups excluding carboxylic acids is 1. The fourth-order valence-electron chi connectivity index (χ4n) is 3.82. The molecule has 7 nitrogen and oxygen atoms in total. The number of ether oxygens (including phenoxy) is 1. The maximum absolute atomic E-state index is 13.4. The molecule has 1 atom stereocenters. The van der Waals surface area contributed by atoms with Gasteiger partial charge < -0.3 is 19.9 Å². The Morgan fingerprint density at radius 2 is 2.15 bits per heavy atom. The zero-order valence-corrected chi connectivity index (χ0v) is 20.8. The number of thiophene rings is 1. The highest BCUT2D eigenvalue weighted by molar-refractivity contribution is 7.98. The van der Waals surface area contributed by atoms with Crippen molar-refractivity contribution in [3.63, 3.8) is 0 Å². The number of benzene rings is 1. The Morgan fingerprint density at radius 1 is 1.27 bits per heavy atom. The van der Waals surface area contributed by atoms with E-state index >= 15 is 0 Å². The second-order valence-corrected chi connectivity index (χ2v) is 9.60. The van der Waals surface area contributed by atoms with Gasteiger partial charge in [-0.05, 0) is 55.4 Å². The molecule has 174 valence electrons. The standard InChI is InChI=1S/C24H29N5O2S2/c1-25-10-9-20(21-8-5-13-33-21)31-16-17-6-4-7-18(14-17)29-12-11-28(2)22-19(23(29)30)15-26-24(27-22)32-3/h4-8,13-15,20,25H,9-12,16H2,1-3H3/t20-/m0/s1. The van der Waals surface area contributed by atoms with Crippen LogP contribution in [0.3, 0.4) is 0 Å². The molecule has 0 spiro atoms. The lowest BCUT2D eigenvalue weighted by atomic mass is 10.1. The zero-order chi connectivity index (χ0) is 23.2. The molecular weight excluding hydrogens is 454 g/mol. The minimum absolute atomic E-state index is 0.0456. The SMILES string of the molecule is CNCC[C@H](OCc1cccc(N2CCN(C)c3nc(SC)ncc3C2=O)c1)c1cccs1. The minimum Gasteiger partial charge on any atom is -0.368 e. The van der Waals surface area contributed by atoms with Crippen molar-refractivity contribution in [3.8, 4) is 0 Å². The van der Waals surface area contributed by atoms with Gasteiger partial charge in [-0.1, -0.05) is 30.0 Å². The molecule has 0 bridgehead atoms. The molecule has 1 amide bonds. The van der Waals surface area contributed by atoms with E-state index in [1.807, 2.05) is 54.4 Å². The average Bonchev–Trinajstić information content (AvgIpc) is 3.35. The Hall–Kier alpha value is -2.46. The van der Waals surface area contributed by atoms with Crippen LogP contribution < -0.4 is 15.1 Å². The van der Waals surface area contributed by atoms with Crippen molar-refractivity contribution < 1.29 is 9.53 Å². The second kappa shape index (κ2) is 11.1. The van der Waals surface area contributed by atoms with Gasteiger partial charge in [0.2, 0.25) is 0 Å². The van der Waals surface area contributed by atoms with Crippen molar-refractivity contribution in [2.24, 2.45) is 0 Å². The lowest BCUT2D eigenvalue weighted by molar-refractivity contribution is 0.0367. The summed E-state index contributed by atoms with van der Waals surface area (Å²) < 4.78 is 6.30. The van der Waals surface area contributed by atoms with Gasteiger partial charge in [0.25, 0.3) is 5.91 Å². The van der Waals surface area contributed by atoms with E-state index in [1.54, 1.807) is 17.5 Å². The predicted molar refractivity (Wildman–Crippen MR) is 136 cm³/mol. The van der Waals surface area contributed by atoms with Crippen LogP contribution in [-0.4, -0.2) is 55.9 Å². The van der Waals surface area contributed by atoms with E-state index in [-0.39, 0.29) is 12.0 Å². The number of hydrogen-bond donors (Lipinski definition) is 1. The number of carbonyl (C=O) groups is 1. The first-order valence-corrected chi connectivity index (χ1v) is 13.0. The first-order valence-electron chi connectivity index (χ1n) is 10.9. The quantitative estimate of drug-likeness (QED) is 0.361. The van der Waals surface area contributed by atoms with Gasteiger partial charge >= 0.3 is 0 Å². The molecule has 4 rings (SSSR count). The molecule has 0 saturated carbocycles. The molecule has 9 heteroatoms. The molecule has 3 aromatic rings. The van der Waals surface area contributed by atoms with Crippen LogP contribution in [0.2, 0.25) is 0 Å². The number of hydrogen-bond acceptors (Lipinski definition) is 8. The monoisotopic (exact) mass is 483 g/mol. The van der Waals surface area contributed by atoms with E-state index in [2.05, 4.69) is 32.8 Å². The van der Waals surface area contributed by atoms with Crippen LogP contribution in [0.1, 0.15) is 33.3 Å². The summed E-state index contributed by atoms with van der Waals surface area (Å²) in [4.78, 5) is 27.4. The van der Waals surface area contributed by atoms with E-state index in [1.165, 1.54) is 16.6 Å². The third-order valence-electron chi connectivity index (χ3n) is 5.62. The molecule has 33 heavy (non-hydrogen) atoms. The van der Waals surface area contributed by atoms with Crippen molar-refractivity contribution in [2.45, 2.75) is 24.3 Å². The summed E-state index contributed by atoms with van der Waals surface area (Å²) in [5.41, 5.74) is 2.43. The van der Waals surface area contributed by atoms with Crippen LogP contribution in [0.15, 0.2) is 53.1 Å². The predicted octanol–water partition coefficient (Wildman–Crippen LogP) is 4.22. The van der Waals surface area contributed by atoms with Crippen LogP contribution in [-0.2, 0) is 11.3 Å². The number of rotatable bonds is 9. The molecular formula is C24H29N5O2S2. The summed E-state index contributed by atoms with van der Waals surface area (Å²) >= 11 is 3.19. The van der Waals surface area contributed by atoms with Gasteiger partial charge in [0.15, 0.2) is 5.16 Å². The largest absolute Gasteiger partial charge is 0.368 e. The maximum Gasteiger partial charge on any atom is 0.263 e. The second-order valence-electron chi connectivity index (χ2n) is 7.85. The highest BCUT2D eigenvalue weighted by atomic mass is 32.2. The van der Waals surface area contributed by atoms with E-state index in [0.717, 1.165) is 24.2 Å². The van der Waals surface area contributed by atoms with E-state index < -0.39 is 0 Å². The highest BCUT2D eigenvalue weighted by Crippen LogP contribution is 2.29. The van der Waals surface area contributed by atoms with Crippen LogP contribution in [0.25, 0.3) is 0 Å². The van der Waals surface area contributed by atoms with E-state index in [0.29, 0.717) is 36.2 Å². The van der Waals surface area contributed by atoms with Crippen molar-refractivity contribution >= 4 is 40.5 Å². The molecule has 2 aromatic heterocycles. The molecule has 1 aliphatic rings. The summed E-state index contributed by atoms with van der Waals surface area (Å²) in [6.07, 6.45) is 4.53. The van der Waals surface area contributed by atoms with E-state index in [4.69, 9.17) is 4.74 Å². The van der Waals surface area contributed by atoms with Gasteiger partial charge in [0.1, 0.15) is 11.4 Å². The molecule has 1 N–H and O–H groups in total. The van der Waals surface area contributed by atoms with Crippen molar-refractivity contribution in [2.75, 3.05) is 49.8 Å². The number of nitrogens with one attached hydrogen (secondary N) is 1. The van der Waals surface area contributed by atoms with Crippen LogP contribution in [0, 0.1) is 0 Å². The third kappa shape index (κ3) is 5.55. The van der Waals surface area contributed by atoms with Crippen LogP contribution >= 0.6 is 23.1 Å². The van der Waals surface area contributed by atoms with Gasteiger partial charge in [0, 0.05) is 36.9 Å². The van der Waals surface area contributed by atoms with Gasteiger partial charge in [-0.3, -0.25) is 4.79 Å². The molecule has 0 aliphatic carbocycles. The van der Waals surface area contributed by atoms with Gasteiger partial charge in [0.05, 0.1) is 12.7 Å². The summed E-state index contributed by atoms with van der Waals surface area (Å²) in [5.74, 6) is 0.607. The summed E-state index contributed by atoms with van der Waals surface area (Å²) in [5, 5.41) is 5.95. The molecule has 0 unspecified atom stereocenters. The molecule has 0 saturated heterocycles.